The van der Waals surface area contributed by atoms with Gasteiger partial charge in [0, 0.05) is 11.1 Å². The molecule has 0 aromatic carbocycles. The Labute approximate surface area is 141 Å². The largest absolute Gasteiger partial charge is 0.353 e. The number of anilines is 4. The van der Waals surface area contributed by atoms with E-state index in [4.69, 9.17) is 0 Å². The van der Waals surface area contributed by atoms with Gasteiger partial charge in [0.1, 0.15) is 6.33 Å². The Morgan fingerprint density at radius 2 is 1.96 bits per heavy atom. The quantitative estimate of drug-likeness (QED) is 0.535. The van der Waals surface area contributed by atoms with Crippen LogP contribution in [0.1, 0.15) is 10.6 Å². The lowest BCUT2D eigenvalue weighted by atomic mass is 10.3. The average molecular weight is 343 g/mol. The Bertz CT molecular complexity index is 863. The van der Waals surface area contributed by atoms with Gasteiger partial charge in [-0.2, -0.15) is 0 Å². The first-order valence-electron chi connectivity index (χ1n) is 6.92. The molecule has 10 heteroatoms. The third-order valence-electron chi connectivity index (χ3n) is 3.18. The summed E-state index contributed by atoms with van der Waals surface area (Å²) in [6.45, 7) is 3.81. The summed E-state index contributed by atoms with van der Waals surface area (Å²) in [6.07, 6.45) is 4.41. The number of rotatable bonds is 5. The van der Waals surface area contributed by atoms with Crippen molar-refractivity contribution in [3.05, 3.63) is 51.5 Å². The number of nitro groups is 1. The molecular formula is C14H13N7O2S. The van der Waals surface area contributed by atoms with Crippen molar-refractivity contribution in [2.75, 3.05) is 10.6 Å². The first-order chi connectivity index (χ1) is 11.5. The fraction of sp³-hybridized carbons (Fsp3) is 0.143. The molecule has 0 bridgehead atoms. The van der Waals surface area contributed by atoms with Gasteiger partial charge < -0.3 is 10.6 Å². The maximum Gasteiger partial charge on any atom is 0.353 e. The number of nitrogens with one attached hydrogen (secondary N) is 2. The predicted octanol–water partition coefficient (Wildman–Crippen LogP) is 3.34. The average Bonchev–Trinajstić information content (AvgIpc) is 2.86. The summed E-state index contributed by atoms with van der Waals surface area (Å²) in [5.41, 5.74) is 1.20. The topological polar surface area (TPSA) is 119 Å². The predicted molar refractivity (Wildman–Crippen MR) is 91.1 cm³/mol. The summed E-state index contributed by atoms with van der Waals surface area (Å²) >= 11 is 1.40. The van der Waals surface area contributed by atoms with E-state index in [0.717, 1.165) is 10.6 Å². The molecule has 0 unspecified atom stereocenters. The molecule has 0 aliphatic carbocycles. The normalized spacial score (nSPS) is 10.4. The van der Waals surface area contributed by atoms with E-state index in [1.807, 2.05) is 13.8 Å². The van der Waals surface area contributed by atoms with E-state index in [-0.39, 0.29) is 17.3 Å². The maximum atomic E-state index is 11.5. The molecule has 0 atom stereocenters. The van der Waals surface area contributed by atoms with Crippen molar-refractivity contribution >= 4 is 39.5 Å². The standard InChI is InChI=1S/C14H13N7O2S/c1-8-9(2)24-14(18-8)20-13-11(21(22)23)12(16-7-17-13)19-10-4-3-5-15-6-10/h3-7H,1-2H3,(H2,16,17,18,19,20). The summed E-state index contributed by atoms with van der Waals surface area (Å²) in [7, 11) is 0. The highest BCUT2D eigenvalue weighted by Gasteiger charge is 2.24. The summed E-state index contributed by atoms with van der Waals surface area (Å²) in [5, 5.41) is 17.8. The molecule has 3 aromatic heterocycles. The molecule has 3 rings (SSSR count). The van der Waals surface area contributed by atoms with E-state index in [9.17, 15) is 10.1 Å². The van der Waals surface area contributed by atoms with Gasteiger partial charge in [-0.05, 0) is 26.0 Å². The van der Waals surface area contributed by atoms with Crippen LogP contribution in [0.5, 0.6) is 0 Å². The van der Waals surface area contributed by atoms with Crippen LogP contribution in [0, 0.1) is 24.0 Å². The minimum absolute atomic E-state index is 0.0788. The van der Waals surface area contributed by atoms with E-state index in [1.54, 1.807) is 24.5 Å². The van der Waals surface area contributed by atoms with Gasteiger partial charge in [0.2, 0.25) is 11.6 Å². The molecule has 0 spiro atoms. The smallest absolute Gasteiger partial charge is 0.333 e. The van der Waals surface area contributed by atoms with Gasteiger partial charge in [-0.1, -0.05) is 0 Å². The number of aromatic nitrogens is 4. The van der Waals surface area contributed by atoms with E-state index in [0.29, 0.717) is 10.8 Å². The number of hydrogen-bond acceptors (Lipinski definition) is 9. The third-order valence-corrected chi connectivity index (χ3v) is 4.17. The Balaban J connectivity index is 1.97. The summed E-state index contributed by atoms with van der Waals surface area (Å²) in [6, 6.07) is 3.45. The lowest BCUT2D eigenvalue weighted by molar-refractivity contribution is -0.383. The lowest BCUT2D eigenvalue weighted by Crippen LogP contribution is -2.05. The van der Waals surface area contributed by atoms with Crippen molar-refractivity contribution in [1.82, 2.24) is 19.9 Å². The zero-order valence-corrected chi connectivity index (χ0v) is 13.7. The van der Waals surface area contributed by atoms with Crippen LogP contribution >= 0.6 is 11.3 Å². The number of aryl methyl sites for hydroxylation is 2. The van der Waals surface area contributed by atoms with Crippen molar-refractivity contribution in [2.24, 2.45) is 0 Å². The van der Waals surface area contributed by atoms with E-state index >= 15 is 0 Å². The number of pyridine rings is 1. The highest BCUT2D eigenvalue weighted by Crippen LogP contribution is 2.34. The summed E-state index contributed by atoms with van der Waals surface area (Å²) in [4.78, 5) is 28.2. The highest BCUT2D eigenvalue weighted by molar-refractivity contribution is 7.15. The van der Waals surface area contributed by atoms with Crippen LogP contribution in [0.15, 0.2) is 30.9 Å². The first kappa shape index (κ1) is 15.7. The molecular weight excluding hydrogens is 330 g/mol. The Morgan fingerprint density at radius 3 is 2.54 bits per heavy atom. The molecule has 24 heavy (non-hydrogen) atoms. The van der Waals surface area contributed by atoms with Gasteiger partial charge in [0.25, 0.3) is 0 Å². The van der Waals surface area contributed by atoms with Crippen LogP contribution in [0.25, 0.3) is 0 Å². The van der Waals surface area contributed by atoms with Crippen molar-refractivity contribution in [1.29, 1.82) is 0 Å². The van der Waals surface area contributed by atoms with Crippen molar-refractivity contribution in [2.45, 2.75) is 13.8 Å². The van der Waals surface area contributed by atoms with E-state index in [2.05, 4.69) is 30.6 Å². The minimum Gasteiger partial charge on any atom is -0.333 e. The minimum atomic E-state index is -0.533. The molecule has 0 fully saturated rings. The molecule has 0 amide bonds. The van der Waals surface area contributed by atoms with Crippen LogP contribution in [0.4, 0.5) is 28.1 Å². The SMILES string of the molecule is Cc1nc(Nc2ncnc(Nc3cccnc3)c2[N+](=O)[O-])sc1C. The van der Waals surface area contributed by atoms with Crippen molar-refractivity contribution in [3.8, 4) is 0 Å². The molecule has 0 radical (unpaired) electrons. The van der Waals surface area contributed by atoms with Gasteiger partial charge >= 0.3 is 5.69 Å². The van der Waals surface area contributed by atoms with Crippen molar-refractivity contribution < 1.29 is 4.92 Å². The van der Waals surface area contributed by atoms with Crippen LogP contribution in [-0.4, -0.2) is 24.9 Å². The van der Waals surface area contributed by atoms with Gasteiger partial charge in [-0.3, -0.25) is 15.1 Å². The van der Waals surface area contributed by atoms with Crippen LogP contribution < -0.4 is 10.6 Å². The van der Waals surface area contributed by atoms with Gasteiger partial charge in [-0.15, -0.1) is 11.3 Å². The Morgan fingerprint density at radius 1 is 1.21 bits per heavy atom. The zero-order valence-electron chi connectivity index (χ0n) is 12.8. The molecule has 3 heterocycles. The third kappa shape index (κ3) is 3.27. The molecule has 0 saturated carbocycles. The highest BCUT2D eigenvalue weighted by atomic mass is 32.1. The second-order valence-corrected chi connectivity index (χ2v) is 6.03. The molecule has 122 valence electrons. The lowest BCUT2D eigenvalue weighted by Gasteiger charge is -2.08. The second-order valence-electron chi connectivity index (χ2n) is 4.83. The van der Waals surface area contributed by atoms with Gasteiger partial charge in [0.05, 0.1) is 22.5 Å². The zero-order chi connectivity index (χ0) is 17.1. The number of thiazole rings is 1. The summed E-state index contributed by atoms with van der Waals surface area (Å²) in [5.74, 6) is 0.158. The van der Waals surface area contributed by atoms with Crippen LogP contribution in [0.2, 0.25) is 0 Å². The molecule has 0 saturated heterocycles. The summed E-state index contributed by atoms with van der Waals surface area (Å²) < 4.78 is 0. The molecule has 9 nitrogen and oxygen atoms in total. The van der Waals surface area contributed by atoms with E-state index < -0.39 is 4.92 Å². The van der Waals surface area contributed by atoms with E-state index in [1.165, 1.54) is 17.7 Å². The molecule has 0 aliphatic heterocycles. The molecule has 3 aromatic rings. The number of hydrogen-bond donors (Lipinski definition) is 2. The number of nitrogens with zero attached hydrogens (tertiary/aromatic N) is 5. The van der Waals surface area contributed by atoms with Gasteiger partial charge in [0.15, 0.2) is 5.13 Å². The van der Waals surface area contributed by atoms with Crippen molar-refractivity contribution in [3.63, 3.8) is 0 Å². The molecule has 0 aliphatic rings. The second kappa shape index (κ2) is 6.54. The fourth-order valence-corrected chi connectivity index (χ4v) is 2.75. The van der Waals surface area contributed by atoms with Crippen LogP contribution in [-0.2, 0) is 0 Å². The van der Waals surface area contributed by atoms with Crippen LogP contribution in [0.3, 0.4) is 0 Å². The monoisotopic (exact) mass is 343 g/mol. The fourth-order valence-electron chi connectivity index (χ4n) is 1.94. The maximum absolute atomic E-state index is 11.5. The Kier molecular flexibility index (Phi) is 4.29. The van der Waals surface area contributed by atoms with Gasteiger partial charge in [-0.25, -0.2) is 15.0 Å². The molecule has 2 N–H and O–H groups in total. The first-order valence-corrected chi connectivity index (χ1v) is 7.73. The Hall–Kier alpha value is -3.14.